The van der Waals surface area contributed by atoms with E-state index in [1.165, 1.54) is 36.1 Å². The van der Waals surface area contributed by atoms with Crippen molar-refractivity contribution < 1.29 is 19.4 Å². The third kappa shape index (κ3) is 6.28. The van der Waals surface area contributed by atoms with Crippen LogP contribution < -0.4 is 10.1 Å². The van der Waals surface area contributed by atoms with E-state index in [-0.39, 0.29) is 24.1 Å². The van der Waals surface area contributed by atoms with Crippen LogP contribution >= 0.6 is 11.3 Å². The van der Waals surface area contributed by atoms with Gasteiger partial charge in [-0.25, -0.2) is 9.79 Å². The van der Waals surface area contributed by atoms with E-state index in [9.17, 15) is 9.59 Å². The Labute approximate surface area is 221 Å². The molecular formula is C30H32N2O4S. The number of nitrogens with zero attached hydrogens (tertiary/aromatic N) is 1. The summed E-state index contributed by atoms with van der Waals surface area (Å²) < 4.78 is 5.83. The number of thiophene rings is 1. The molecule has 0 aliphatic heterocycles. The second kappa shape index (κ2) is 11.7. The number of aryl methyl sites for hydroxylation is 1. The molecule has 6 nitrogen and oxygen atoms in total. The van der Waals surface area contributed by atoms with Crippen molar-refractivity contribution in [2.24, 2.45) is 4.99 Å². The fourth-order valence-corrected chi connectivity index (χ4v) is 6.36. The summed E-state index contributed by atoms with van der Waals surface area (Å²) in [5.41, 5.74) is 3.95. The number of carboxylic acids is 1. The highest BCUT2D eigenvalue weighted by atomic mass is 32.1. The van der Waals surface area contributed by atoms with Gasteiger partial charge in [0.15, 0.2) is 0 Å². The van der Waals surface area contributed by atoms with Gasteiger partial charge in [0.05, 0.1) is 11.1 Å². The van der Waals surface area contributed by atoms with Crippen LogP contribution in [0.15, 0.2) is 53.5 Å². The lowest BCUT2D eigenvalue weighted by atomic mass is 9.93. The molecule has 1 aromatic heterocycles. The molecule has 0 unspecified atom stereocenters. The van der Waals surface area contributed by atoms with Crippen LogP contribution in [-0.2, 0) is 19.4 Å². The number of carboxylic acid groups (broad SMARTS) is 1. The SMILES string of the molecule is O=C(O)c1cccc(COc2ccc(C=Nc3sc4c(c3C(=O)NC3CCCCC3)CCCC4)cc2)c1. The van der Waals surface area contributed by atoms with Gasteiger partial charge in [-0.2, -0.15) is 0 Å². The van der Waals surface area contributed by atoms with E-state index in [2.05, 4.69) is 5.32 Å². The van der Waals surface area contributed by atoms with Crippen molar-refractivity contribution in [1.82, 2.24) is 5.32 Å². The fourth-order valence-electron chi connectivity index (χ4n) is 5.13. The summed E-state index contributed by atoms with van der Waals surface area (Å²) in [6, 6.07) is 14.6. The van der Waals surface area contributed by atoms with E-state index < -0.39 is 5.97 Å². The van der Waals surface area contributed by atoms with Gasteiger partial charge in [-0.05, 0) is 91.6 Å². The van der Waals surface area contributed by atoms with Crippen LogP contribution in [0.2, 0.25) is 0 Å². The van der Waals surface area contributed by atoms with Crippen molar-refractivity contribution in [2.75, 3.05) is 0 Å². The molecule has 1 heterocycles. The van der Waals surface area contributed by atoms with E-state index in [1.807, 2.05) is 36.5 Å². The highest BCUT2D eigenvalue weighted by Crippen LogP contribution is 2.40. The summed E-state index contributed by atoms with van der Waals surface area (Å²) in [6.45, 7) is 0.286. The number of hydrogen-bond acceptors (Lipinski definition) is 5. The van der Waals surface area contributed by atoms with Gasteiger partial charge in [-0.3, -0.25) is 4.79 Å². The van der Waals surface area contributed by atoms with E-state index in [0.29, 0.717) is 5.75 Å². The molecule has 2 aromatic carbocycles. The number of ether oxygens (including phenoxy) is 1. The number of aliphatic imine (C=N–C) groups is 1. The Hall–Kier alpha value is -3.45. The van der Waals surface area contributed by atoms with Crippen LogP contribution in [0.4, 0.5) is 5.00 Å². The molecule has 1 fully saturated rings. The van der Waals surface area contributed by atoms with Gasteiger partial charge in [-0.15, -0.1) is 11.3 Å². The highest BCUT2D eigenvalue weighted by molar-refractivity contribution is 7.16. The zero-order chi connectivity index (χ0) is 25.6. The Morgan fingerprint density at radius 2 is 1.81 bits per heavy atom. The Morgan fingerprint density at radius 3 is 2.59 bits per heavy atom. The molecular weight excluding hydrogens is 484 g/mol. The Bertz CT molecular complexity index is 1290. The molecule has 1 amide bonds. The number of hydrogen-bond donors (Lipinski definition) is 2. The topological polar surface area (TPSA) is 88.0 Å². The predicted molar refractivity (Wildman–Crippen MR) is 147 cm³/mol. The normalized spacial score (nSPS) is 15.9. The standard InChI is InChI=1S/C30H32N2O4S/c33-28(32-23-9-2-1-3-10-23)27-25-11-4-5-12-26(25)37-29(27)31-18-20-13-15-24(16-14-20)36-19-21-7-6-8-22(17-21)30(34)35/h6-8,13-18,23H,1-5,9-12,19H2,(H,32,33)(H,34,35). The highest BCUT2D eigenvalue weighted by Gasteiger charge is 2.27. The predicted octanol–water partition coefficient (Wildman–Crippen LogP) is 6.72. The molecule has 0 spiro atoms. The molecule has 0 atom stereocenters. The van der Waals surface area contributed by atoms with E-state index in [1.54, 1.807) is 29.5 Å². The van der Waals surface area contributed by atoms with Crippen LogP contribution in [0.1, 0.15) is 87.2 Å². The van der Waals surface area contributed by atoms with Gasteiger partial charge in [0.1, 0.15) is 17.4 Å². The molecule has 37 heavy (non-hydrogen) atoms. The molecule has 192 valence electrons. The molecule has 3 aromatic rings. The van der Waals surface area contributed by atoms with Crippen molar-refractivity contribution in [3.63, 3.8) is 0 Å². The van der Waals surface area contributed by atoms with Gasteiger partial charge in [0.2, 0.25) is 0 Å². The Balaban J connectivity index is 1.27. The quantitative estimate of drug-likeness (QED) is 0.326. The van der Waals surface area contributed by atoms with Crippen molar-refractivity contribution in [3.05, 3.63) is 81.2 Å². The zero-order valence-electron chi connectivity index (χ0n) is 20.9. The number of aromatic carboxylic acids is 1. The molecule has 2 N–H and O–H groups in total. The lowest BCUT2D eigenvalue weighted by molar-refractivity contribution is 0.0696. The second-order valence-electron chi connectivity index (χ2n) is 9.82. The summed E-state index contributed by atoms with van der Waals surface area (Å²) in [6.07, 6.45) is 11.9. The number of amides is 1. The summed E-state index contributed by atoms with van der Waals surface area (Å²) in [7, 11) is 0. The molecule has 5 rings (SSSR count). The van der Waals surface area contributed by atoms with Crippen LogP contribution in [-0.4, -0.2) is 29.2 Å². The van der Waals surface area contributed by atoms with E-state index >= 15 is 0 Å². The fraction of sp³-hybridized carbons (Fsp3) is 0.367. The van der Waals surface area contributed by atoms with Crippen LogP contribution in [0.25, 0.3) is 0 Å². The smallest absolute Gasteiger partial charge is 0.335 e. The molecule has 0 radical (unpaired) electrons. The average molecular weight is 517 g/mol. The summed E-state index contributed by atoms with van der Waals surface area (Å²) in [5.74, 6) is -0.224. The van der Waals surface area contributed by atoms with Crippen LogP contribution in [0.3, 0.4) is 0 Å². The summed E-state index contributed by atoms with van der Waals surface area (Å²) >= 11 is 1.66. The number of benzene rings is 2. The molecule has 1 saturated carbocycles. The molecule has 0 bridgehead atoms. The Kier molecular flexibility index (Phi) is 7.99. The molecule has 2 aliphatic carbocycles. The summed E-state index contributed by atoms with van der Waals surface area (Å²) in [4.78, 5) is 30.6. The van der Waals surface area contributed by atoms with Crippen LogP contribution in [0, 0.1) is 0 Å². The number of carbonyl (C=O) groups excluding carboxylic acids is 1. The van der Waals surface area contributed by atoms with Gasteiger partial charge in [-0.1, -0.05) is 31.4 Å². The minimum atomic E-state index is -0.952. The lowest BCUT2D eigenvalue weighted by Crippen LogP contribution is -2.36. The minimum absolute atomic E-state index is 0.0363. The van der Waals surface area contributed by atoms with Crippen molar-refractivity contribution >= 4 is 34.4 Å². The third-order valence-corrected chi connectivity index (χ3v) is 8.31. The van der Waals surface area contributed by atoms with Gasteiger partial charge < -0.3 is 15.2 Å². The van der Waals surface area contributed by atoms with Crippen molar-refractivity contribution in [2.45, 2.75) is 70.4 Å². The first-order valence-electron chi connectivity index (χ1n) is 13.1. The molecule has 0 saturated heterocycles. The number of fused-ring (bicyclic) bond motifs is 1. The van der Waals surface area contributed by atoms with E-state index in [4.69, 9.17) is 14.8 Å². The monoisotopic (exact) mass is 516 g/mol. The maximum atomic E-state index is 13.3. The Morgan fingerprint density at radius 1 is 1.03 bits per heavy atom. The second-order valence-corrected chi connectivity index (χ2v) is 10.9. The first-order valence-corrected chi connectivity index (χ1v) is 13.9. The average Bonchev–Trinajstić information content (AvgIpc) is 3.30. The van der Waals surface area contributed by atoms with E-state index in [0.717, 1.165) is 53.8 Å². The number of carbonyl (C=O) groups is 2. The van der Waals surface area contributed by atoms with Gasteiger partial charge in [0, 0.05) is 17.1 Å². The summed E-state index contributed by atoms with van der Waals surface area (Å²) in [5, 5.41) is 13.3. The maximum Gasteiger partial charge on any atom is 0.335 e. The maximum absolute atomic E-state index is 13.3. The minimum Gasteiger partial charge on any atom is -0.489 e. The number of nitrogens with one attached hydrogen (secondary N) is 1. The number of rotatable bonds is 8. The molecule has 7 heteroatoms. The molecule has 2 aliphatic rings. The first kappa shape index (κ1) is 25.2. The van der Waals surface area contributed by atoms with Crippen molar-refractivity contribution in [3.8, 4) is 5.75 Å². The lowest BCUT2D eigenvalue weighted by Gasteiger charge is -2.23. The van der Waals surface area contributed by atoms with Gasteiger partial charge in [0.25, 0.3) is 5.91 Å². The van der Waals surface area contributed by atoms with Crippen LogP contribution in [0.5, 0.6) is 5.75 Å². The van der Waals surface area contributed by atoms with Crippen molar-refractivity contribution in [1.29, 1.82) is 0 Å². The largest absolute Gasteiger partial charge is 0.489 e. The zero-order valence-corrected chi connectivity index (χ0v) is 21.7. The first-order chi connectivity index (χ1) is 18.1. The van der Waals surface area contributed by atoms with Gasteiger partial charge >= 0.3 is 5.97 Å². The third-order valence-electron chi connectivity index (χ3n) is 7.11.